The van der Waals surface area contributed by atoms with Gasteiger partial charge in [0.25, 0.3) is 0 Å². The molecular weight excluding hydrogens is 547 g/mol. The SMILES string of the molecule is CC(C)(C)[C@@H](O)[C@@H](Cc1ccc(Cl)cc1)n1cncn1.CC(C)(C)[C@H](O)[C@H](Cc1ccc(Cl)cc1)n1cncn1. The van der Waals surface area contributed by atoms with Crippen LogP contribution in [-0.4, -0.2) is 51.9 Å². The van der Waals surface area contributed by atoms with Gasteiger partial charge in [-0.25, -0.2) is 19.3 Å². The predicted octanol–water partition coefficient (Wildman–Crippen LogP) is 6.24. The number of aliphatic hydroxyl groups is 2. The minimum Gasteiger partial charge on any atom is -0.390 e. The van der Waals surface area contributed by atoms with Gasteiger partial charge in [0.05, 0.1) is 24.3 Å². The Morgan fingerprint density at radius 1 is 0.625 bits per heavy atom. The molecular formula is C30H40Cl2N6O2. The second-order valence-corrected chi connectivity index (χ2v) is 13.0. The van der Waals surface area contributed by atoms with Crippen LogP contribution in [0.2, 0.25) is 10.0 Å². The Morgan fingerprint density at radius 3 is 1.20 bits per heavy atom. The molecule has 0 aliphatic rings. The van der Waals surface area contributed by atoms with Gasteiger partial charge in [0.15, 0.2) is 0 Å². The number of aliphatic hydroxyl groups excluding tert-OH is 2. The highest BCUT2D eigenvalue weighted by Gasteiger charge is 2.33. The van der Waals surface area contributed by atoms with E-state index in [0.29, 0.717) is 22.9 Å². The molecule has 10 heteroatoms. The maximum atomic E-state index is 10.6. The zero-order valence-electron chi connectivity index (χ0n) is 24.0. The van der Waals surface area contributed by atoms with Crippen LogP contribution in [0.25, 0.3) is 0 Å². The van der Waals surface area contributed by atoms with Crippen LogP contribution in [0.3, 0.4) is 0 Å². The fourth-order valence-corrected chi connectivity index (χ4v) is 4.61. The van der Waals surface area contributed by atoms with Gasteiger partial charge in [-0.2, -0.15) is 10.2 Å². The van der Waals surface area contributed by atoms with E-state index in [9.17, 15) is 10.2 Å². The van der Waals surface area contributed by atoms with Crippen molar-refractivity contribution in [3.63, 3.8) is 0 Å². The van der Waals surface area contributed by atoms with E-state index in [2.05, 4.69) is 20.2 Å². The number of benzene rings is 2. The molecule has 0 amide bonds. The Balaban J connectivity index is 0.000000220. The second-order valence-electron chi connectivity index (χ2n) is 12.2. The van der Waals surface area contributed by atoms with Gasteiger partial charge in [-0.3, -0.25) is 0 Å². The van der Waals surface area contributed by atoms with Gasteiger partial charge in [-0.15, -0.1) is 0 Å². The van der Waals surface area contributed by atoms with E-state index in [1.807, 2.05) is 90.1 Å². The second kappa shape index (κ2) is 13.7. The van der Waals surface area contributed by atoms with E-state index >= 15 is 0 Å². The topological polar surface area (TPSA) is 102 Å². The fraction of sp³-hybridized carbons (Fsp3) is 0.467. The maximum Gasteiger partial charge on any atom is 0.137 e. The molecule has 0 radical (unpaired) electrons. The molecule has 0 saturated heterocycles. The Bertz CT molecular complexity index is 1160. The molecule has 2 heterocycles. The van der Waals surface area contributed by atoms with Crippen LogP contribution in [0.1, 0.15) is 64.8 Å². The summed E-state index contributed by atoms with van der Waals surface area (Å²) >= 11 is 11.8. The highest BCUT2D eigenvalue weighted by molar-refractivity contribution is 6.30. The Hall–Kier alpha value is -2.78. The first-order valence-electron chi connectivity index (χ1n) is 13.3. The molecule has 216 valence electrons. The monoisotopic (exact) mass is 586 g/mol. The molecule has 0 unspecified atom stereocenters. The Labute approximate surface area is 247 Å². The summed E-state index contributed by atoms with van der Waals surface area (Å²) in [6.45, 7) is 12.1. The van der Waals surface area contributed by atoms with E-state index in [1.54, 1.807) is 22.0 Å². The standard InChI is InChI=1S/2C15H20ClN3O/c2*1-15(2,3)14(20)13(19-10-17-9-18-19)8-11-4-6-12(16)7-5-11/h2*4-7,9-10,13-14,20H,8H2,1-3H3/t2*13-,14+/m10/s1. The summed E-state index contributed by atoms with van der Waals surface area (Å²) in [6.07, 6.45) is 6.58. The quantitative estimate of drug-likeness (QED) is 0.253. The van der Waals surface area contributed by atoms with Crippen molar-refractivity contribution < 1.29 is 10.2 Å². The largest absolute Gasteiger partial charge is 0.390 e. The third kappa shape index (κ3) is 9.13. The number of rotatable bonds is 8. The van der Waals surface area contributed by atoms with Crippen LogP contribution in [0.4, 0.5) is 0 Å². The number of aromatic nitrogens is 6. The fourth-order valence-electron chi connectivity index (χ4n) is 4.36. The molecule has 0 spiro atoms. The summed E-state index contributed by atoms with van der Waals surface area (Å²) in [5, 5.41) is 31.0. The average Bonchev–Trinajstić information content (AvgIpc) is 3.62. The van der Waals surface area contributed by atoms with Crippen molar-refractivity contribution in [3.05, 3.63) is 95.0 Å². The molecule has 2 aromatic carbocycles. The summed E-state index contributed by atoms with van der Waals surface area (Å²) in [5.74, 6) is 0. The lowest BCUT2D eigenvalue weighted by molar-refractivity contribution is 0.0124. The molecule has 4 aromatic rings. The third-order valence-electron chi connectivity index (χ3n) is 6.77. The van der Waals surface area contributed by atoms with Crippen LogP contribution in [0.15, 0.2) is 73.8 Å². The van der Waals surface area contributed by atoms with Crippen molar-refractivity contribution in [3.8, 4) is 0 Å². The normalized spacial score (nSPS) is 15.1. The van der Waals surface area contributed by atoms with Crippen LogP contribution >= 0.6 is 23.2 Å². The molecule has 8 nitrogen and oxygen atoms in total. The summed E-state index contributed by atoms with van der Waals surface area (Å²) < 4.78 is 3.45. The first kappa shape index (κ1) is 31.7. The number of halogens is 2. The highest BCUT2D eigenvalue weighted by atomic mass is 35.5. The molecule has 0 aliphatic heterocycles. The minimum atomic E-state index is -0.528. The lowest BCUT2D eigenvalue weighted by Gasteiger charge is -2.33. The van der Waals surface area contributed by atoms with Crippen molar-refractivity contribution >= 4 is 23.2 Å². The molecule has 0 fully saturated rings. The number of hydrogen-bond donors (Lipinski definition) is 2. The molecule has 0 bridgehead atoms. The van der Waals surface area contributed by atoms with Gasteiger partial charge < -0.3 is 10.2 Å². The predicted molar refractivity (Wildman–Crippen MR) is 159 cm³/mol. The van der Waals surface area contributed by atoms with Crippen LogP contribution in [-0.2, 0) is 12.8 Å². The van der Waals surface area contributed by atoms with Crippen molar-refractivity contribution in [2.75, 3.05) is 0 Å². The summed E-state index contributed by atoms with van der Waals surface area (Å²) in [6, 6.07) is 15.0. The van der Waals surface area contributed by atoms with Crippen molar-refractivity contribution in [2.45, 2.75) is 78.7 Å². The lowest BCUT2D eigenvalue weighted by atomic mass is 9.82. The van der Waals surface area contributed by atoms with Crippen LogP contribution in [0, 0.1) is 10.8 Å². The Kier molecular flexibility index (Phi) is 10.9. The zero-order chi connectivity index (χ0) is 29.5. The van der Waals surface area contributed by atoms with Gasteiger partial charge in [0.2, 0.25) is 0 Å². The summed E-state index contributed by atoms with van der Waals surface area (Å²) in [5.41, 5.74) is 1.75. The summed E-state index contributed by atoms with van der Waals surface area (Å²) in [4.78, 5) is 7.97. The van der Waals surface area contributed by atoms with Crippen molar-refractivity contribution in [1.29, 1.82) is 0 Å². The molecule has 4 rings (SSSR count). The van der Waals surface area contributed by atoms with E-state index in [1.165, 1.54) is 12.7 Å². The van der Waals surface area contributed by atoms with Crippen LogP contribution < -0.4 is 0 Å². The number of hydrogen-bond acceptors (Lipinski definition) is 6. The number of nitrogens with zero attached hydrogens (tertiary/aromatic N) is 6. The molecule has 2 N–H and O–H groups in total. The first-order valence-corrected chi connectivity index (χ1v) is 14.0. The minimum absolute atomic E-state index is 0.154. The zero-order valence-corrected chi connectivity index (χ0v) is 25.5. The van der Waals surface area contributed by atoms with Crippen LogP contribution in [0.5, 0.6) is 0 Å². The molecule has 0 aliphatic carbocycles. The van der Waals surface area contributed by atoms with Crippen molar-refractivity contribution in [2.24, 2.45) is 10.8 Å². The Morgan fingerprint density at radius 2 is 0.950 bits per heavy atom. The van der Waals surface area contributed by atoms with Gasteiger partial charge in [-0.1, -0.05) is 89.0 Å². The van der Waals surface area contributed by atoms with Crippen molar-refractivity contribution in [1.82, 2.24) is 29.5 Å². The molecule has 0 saturated carbocycles. The van der Waals surface area contributed by atoms with E-state index in [-0.39, 0.29) is 22.9 Å². The smallest absolute Gasteiger partial charge is 0.137 e. The third-order valence-corrected chi connectivity index (χ3v) is 7.28. The molecule has 2 aromatic heterocycles. The van der Waals surface area contributed by atoms with Gasteiger partial charge in [-0.05, 0) is 59.1 Å². The average molecular weight is 588 g/mol. The maximum absolute atomic E-state index is 10.6. The highest BCUT2D eigenvalue weighted by Crippen LogP contribution is 2.31. The van der Waals surface area contributed by atoms with E-state index < -0.39 is 12.2 Å². The van der Waals surface area contributed by atoms with Gasteiger partial charge in [0.1, 0.15) is 25.3 Å². The lowest BCUT2D eigenvalue weighted by Crippen LogP contribution is -2.37. The molecule has 4 atom stereocenters. The summed E-state index contributed by atoms with van der Waals surface area (Å²) in [7, 11) is 0. The first-order chi connectivity index (χ1) is 18.8. The van der Waals surface area contributed by atoms with Gasteiger partial charge in [0, 0.05) is 10.0 Å². The van der Waals surface area contributed by atoms with E-state index in [0.717, 1.165) is 11.1 Å². The molecule has 40 heavy (non-hydrogen) atoms. The van der Waals surface area contributed by atoms with E-state index in [4.69, 9.17) is 23.2 Å². The van der Waals surface area contributed by atoms with Gasteiger partial charge >= 0.3 is 0 Å².